The molecule has 7 nitrogen and oxygen atoms in total. The van der Waals surface area contributed by atoms with Crippen molar-refractivity contribution < 1.29 is 17.9 Å². The lowest BCUT2D eigenvalue weighted by Gasteiger charge is -2.08. The van der Waals surface area contributed by atoms with Crippen LogP contribution in [-0.4, -0.2) is 37.5 Å². The van der Waals surface area contributed by atoms with Crippen LogP contribution in [0.2, 0.25) is 0 Å². The zero-order chi connectivity index (χ0) is 18.7. The molecule has 0 aliphatic rings. The monoisotopic (exact) mass is 371 g/mol. The van der Waals surface area contributed by atoms with Crippen molar-refractivity contribution in [2.45, 2.75) is 0 Å². The van der Waals surface area contributed by atoms with Crippen LogP contribution in [0.15, 0.2) is 60.7 Å². The van der Waals surface area contributed by atoms with Gasteiger partial charge in [-0.25, -0.2) is 17.8 Å². The van der Waals surface area contributed by atoms with Gasteiger partial charge in [-0.3, -0.25) is 4.79 Å². The summed E-state index contributed by atoms with van der Waals surface area (Å²) in [6.45, 7) is 0. The molecular formula is C18H17N3O4S. The van der Waals surface area contributed by atoms with Crippen molar-refractivity contribution in [3.63, 3.8) is 0 Å². The largest absolute Gasteiger partial charge is 0.497 e. The predicted molar refractivity (Wildman–Crippen MR) is 97.9 cm³/mol. The highest BCUT2D eigenvalue weighted by molar-refractivity contribution is 7.89. The van der Waals surface area contributed by atoms with Crippen LogP contribution in [0, 0.1) is 0 Å². The van der Waals surface area contributed by atoms with Crippen LogP contribution in [0.5, 0.6) is 5.75 Å². The van der Waals surface area contributed by atoms with E-state index >= 15 is 0 Å². The summed E-state index contributed by atoms with van der Waals surface area (Å²) in [5.41, 5.74) is 2.21. The molecule has 0 saturated carbocycles. The molecule has 0 radical (unpaired) electrons. The van der Waals surface area contributed by atoms with Crippen LogP contribution >= 0.6 is 0 Å². The Balaban J connectivity index is 2.10. The van der Waals surface area contributed by atoms with E-state index in [-0.39, 0.29) is 5.69 Å². The maximum absolute atomic E-state index is 12.2. The van der Waals surface area contributed by atoms with Gasteiger partial charge in [0.25, 0.3) is 5.91 Å². The number of hydrogen-bond donors (Lipinski definition) is 1. The normalized spacial score (nSPS) is 11.2. The van der Waals surface area contributed by atoms with Crippen molar-refractivity contribution in [1.29, 1.82) is 0 Å². The van der Waals surface area contributed by atoms with E-state index in [1.165, 1.54) is 0 Å². The topological polar surface area (TPSA) is 90.3 Å². The molecule has 1 heterocycles. The summed E-state index contributed by atoms with van der Waals surface area (Å²) in [6, 6.07) is 18.1. The molecule has 1 amide bonds. The highest BCUT2D eigenvalue weighted by Crippen LogP contribution is 2.26. The lowest BCUT2D eigenvalue weighted by molar-refractivity contribution is 0.0976. The number of aromatic nitrogens is 2. The second kappa shape index (κ2) is 7.01. The summed E-state index contributed by atoms with van der Waals surface area (Å²) in [5, 5.41) is 4.29. The van der Waals surface area contributed by atoms with Crippen molar-refractivity contribution in [3.8, 4) is 22.7 Å². The first-order valence-corrected chi connectivity index (χ1v) is 9.58. The molecule has 0 fully saturated rings. The third-order valence-electron chi connectivity index (χ3n) is 3.61. The Hall–Kier alpha value is -3.13. The van der Waals surface area contributed by atoms with Gasteiger partial charge < -0.3 is 4.74 Å². The third kappa shape index (κ3) is 3.92. The maximum atomic E-state index is 12.2. The number of ether oxygens (including phenoxy) is 1. The molecule has 0 spiro atoms. The first-order chi connectivity index (χ1) is 12.4. The number of methoxy groups -OCH3 is 1. The van der Waals surface area contributed by atoms with Gasteiger partial charge in [-0.15, -0.1) is 0 Å². The molecule has 0 atom stereocenters. The quantitative estimate of drug-likeness (QED) is 0.743. The Bertz CT molecular complexity index is 1030. The number of carbonyl (C=O) groups is 1. The van der Waals surface area contributed by atoms with Crippen molar-refractivity contribution >= 4 is 15.9 Å². The van der Waals surface area contributed by atoms with Crippen molar-refractivity contribution in [2.24, 2.45) is 0 Å². The van der Waals surface area contributed by atoms with E-state index in [9.17, 15) is 13.2 Å². The van der Waals surface area contributed by atoms with Crippen LogP contribution in [0.3, 0.4) is 0 Å². The van der Waals surface area contributed by atoms with Crippen molar-refractivity contribution in [3.05, 3.63) is 66.4 Å². The summed E-state index contributed by atoms with van der Waals surface area (Å²) in [4.78, 5) is 12.2. The zero-order valence-corrected chi connectivity index (χ0v) is 15.0. The van der Waals surface area contributed by atoms with Gasteiger partial charge in [-0.05, 0) is 42.5 Å². The standard InChI is InChI=1S/C18H17N3O4S/c1-25-15-10-8-13(9-11-15)17-12-16(18(22)20-26(2,23)24)19-21(17)14-6-4-3-5-7-14/h3-12H,1-2H3,(H,20,22). The molecular weight excluding hydrogens is 354 g/mol. The Morgan fingerprint density at radius 1 is 1.08 bits per heavy atom. The summed E-state index contributed by atoms with van der Waals surface area (Å²) in [5.74, 6) is -0.0773. The third-order valence-corrected chi connectivity index (χ3v) is 4.16. The molecule has 3 aromatic rings. The second-order valence-electron chi connectivity index (χ2n) is 5.59. The fraction of sp³-hybridized carbons (Fsp3) is 0.111. The Morgan fingerprint density at radius 3 is 2.31 bits per heavy atom. The minimum atomic E-state index is -3.68. The Labute approximate surface area is 151 Å². The molecule has 3 rings (SSSR count). The molecule has 0 aliphatic carbocycles. The minimum absolute atomic E-state index is 0.00472. The average Bonchev–Trinajstić information content (AvgIpc) is 3.07. The van der Waals surface area contributed by atoms with Crippen LogP contribution in [0.25, 0.3) is 16.9 Å². The number of hydrogen-bond acceptors (Lipinski definition) is 5. The van der Waals surface area contributed by atoms with Crippen molar-refractivity contribution in [2.75, 3.05) is 13.4 Å². The molecule has 2 aromatic carbocycles. The first kappa shape index (κ1) is 17.7. The number of para-hydroxylation sites is 1. The molecule has 0 bridgehead atoms. The van der Waals surface area contributed by atoms with E-state index in [1.54, 1.807) is 30.0 Å². The van der Waals surface area contributed by atoms with Crippen LogP contribution in [0.4, 0.5) is 0 Å². The summed E-state index contributed by atoms with van der Waals surface area (Å²) < 4.78 is 31.4. The van der Waals surface area contributed by atoms with Gasteiger partial charge >= 0.3 is 0 Å². The number of amides is 1. The van der Waals surface area contributed by atoms with E-state index in [0.29, 0.717) is 11.4 Å². The SMILES string of the molecule is COc1ccc(-c2cc(C(=O)NS(C)(=O)=O)nn2-c2ccccc2)cc1. The van der Waals surface area contributed by atoms with Crippen LogP contribution in [0.1, 0.15) is 10.5 Å². The number of benzene rings is 2. The molecule has 8 heteroatoms. The van der Waals surface area contributed by atoms with Gasteiger partial charge in [0.15, 0.2) is 5.69 Å². The molecule has 134 valence electrons. The predicted octanol–water partition coefficient (Wildman–Crippen LogP) is 2.24. The molecule has 0 unspecified atom stereocenters. The van der Waals surface area contributed by atoms with Gasteiger partial charge in [-0.2, -0.15) is 5.10 Å². The second-order valence-corrected chi connectivity index (χ2v) is 7.34. The van der Waals surface area contributed by atoms with Gasteiger partial charge in [0.2, 0.25) is 10.0 Å². The highest BCUT2D eigenvalue weighted by atomic mass is 32.2. The highest BCUT2D eigenvalue weighted by Gasteiger charge is 2.19. The fourth-order valence-electron chi connectivity index (χ4n) is 2.45. The summed E-state index contributed by atoms with van der Waals surface area (Å²) in [6.07, 6.45) is 0.920. The van der Waals surface area contributed by atoms with E-state index in [2.05, 4.69) is 5.10 Å². The lowest BCUT2D eigenvalue weighted by atomic mass is 10.1. The number of nitrogens with zero attached hydrogens (tertiary/aromatic N) is 2. The molecule has 0 saturated heterocycles. The van der Waals surface area contributed by atoms with Gasteiger partial charge in [0.05, 0.1) is 24.7 Å². The number of nitrogens with one attached hydrogen (secondary N) is 1. The lowest BCUT2D eigenvalue weighted by Crippen LogP contribution is -2.29. The molecule has 1 aromatic heterocycles. The number of rotatable bonds is 5. The summed E-state index contributed by atoms with van der Waals surface area (Å²) in [7, 11) is -2.10. The first-order valence-electron chi connectivity index (χ1n) is 7.69. The van der Waals surface area contributed by atoms with E-state index in [4.69, 9.17) is 4.74 Å². The van der Waals surface area contributed by atoms with E-state index in [1.807, 2.05) is 47.2 Å². The van der Waals surface area contributed by atoms with Gasteiger partial charge in [-0.1, -0.05) is 18.2 Å². The van der Waals surface area contributed by atoms with E-state index < -0.39 is 15.9 Å². The van der Waals surface area contributed by atoms with Crippen molar-refractivity contribution in [1.82, 2.24) is 14.5 Å². The van der Waals surface area contributed by atoms with Gasteiger partial charge in [0, 0.05) is 5.56 Å². The summed E-state index contributed by atoms with van der Waals surface area (Å²) >= 11 is 0. The average molecular weight is 371 g/mol. The molecule has 1 N–H and O–H groups in total. The minimum Gasteiger partial charge on any atom is -0.497 e. The number of carbonyl (C=O) groups excluding carboxylic acids is 1. The van der Waals surface area contributed by atoms with Crippen LogP contribution in [-0.2, 0) is 10.0 Å². The Morgan fingerprint density at radius 2 is 1.73 bits per heavy atom. The maximum Gasteiger partial charge on any atom is 0.285 e. The van der Waals surface area contributed by atoms with E-state index in [0.717, 1.165) is 17.5 Å². The molecule has 0 aliphatic heterocycles. The number of sulfonamides is 1. The van der Waals surface area contributed by atoms with Crippen LogP contribution < -0.4 is 9.46 Å². The van der Waals surface area contributed by atoms with Gasteiger partial charge in [0.1, 0.15) is 5.75 Å². The Kier molecular flexibility index (Phi) is 4.77. The fourth-order valence-corrected chi connectivity index (χ4v) is 2.89. The zero-order valence-electron chi connectivity index (χ0n) is 14.2. The molecule has 26 heavy (non-hydrogen) atoms. The smallest absolute Gasteiger partial charge is 0.285 e.